The maximum Gasteiger partial charge on any atom is 0.320 e. The topological polar surface area (TPSA) is 115 Å². The van der Waals surface area contributed by atoms with Crippen LogP contribution in [0.2, 0.25) is 0 Å². The molecule has 0 radical (unpaired) electrons. The zero-order valence-electron chi connectivity index (χ0n) is 23.1. The van der Waals surface area contributed by atoms with Crippen LogP contribution in [0.3, 0.4) is 0 Å². The molecule has 3 aromatic rings. The minimum atomic E-state index is -0.379. The molecule has 0 spiro atoms. The number of carbonyl (C=O) groups is 1. The summed E-state index contributed by atoms with van der Waals surface area (Å²) in [6.07, 6.45) is 5.05. The predicted octanol–water partition coefficient (Wildman–Crippen LogP) is 3.07. The summed E-state index contributed by atoms with van der Waals surface area (Å²) in [5.74, 6) is 0.198. The highest BCUT2D eigenvalue weighted by atomic mass is 19.1. The fourth-order valence-electron chi connectivity index (χ4n) is 4.87. The fourth-order valence-corrected chi connectivity index (χ4v) is 4.87. The number of rotatable bonds is 10. The third kappa shape index (κ3) is 7.11. The zero-order valence-corrected chi connectivity index (χ0v) is 23.1. The van der Waals surface area contributed by atoms with E-state index >= 15 is 4.39 Å². The van der Waals surface area contributed by atoms with Crippen molar-refractivity contribution in [1.82, 2.24) is 29.3 Å². The SMILES string of the molecule is CCOC(=O)CN1CCN(CC(=Cc2cc(-c3cc(F)c4nc(C)n(C(C)C)c4c3)ncn2)/N=C\CN)CC1. The van der Waals surface area contributed by atoms with E-state index in [1.165, 1.54) is 12.4 Å². The van der Waals surface area contributed by atoms with Crippen molar-refractivity contribution in [3.8, 4) is 11.3 Å². The fraction of sp³-hybridized carbons (Fsp3) is 0.464. The minimum absolute atomic E-state index is 0.142. The number of imidazole rings is 1. The summed E-state index contributed by atoms with van der Waals surface area (Å²) in [4.78, 5) is 34.0. The number of carbonyl (C=O) groups excluding carboxylic acids is 1. The van der Waals surface area contributed by atoms with Crippen molar-refractivity contribution < 1.29 is 13.9 Å². The van der Waals surface area contributed by atoms with Crippen molar-refractivity contribution in [3.63, 3.8) is 0 Å². The molecule has 0 saturated carbocycles. The number of aryl methyl sites for hydroxylation is 1. The third-order valence-electron chi connectivity index (χ3n) is 6.61. The van der Waals surface area contributed by atoms with Crippen LogP contribution < -0.4 is 5.73 Å². The molecule has 1 aromatic carbocycles. The van der Waals surface area contributed by atoms with E-state index in [0.29, 0.717) is 48.7 Å². The van der Waals surface area contributed by atoms with Crippen LogP contribution in [0.1, 0.15) is 38.3 Å². The lowest BCUT2D eigenvalue weighted by atomic mass is 10.1. The van der Waals surface area contributed by atoms with Crippen molar-refractivity contribution in [2.45, 2.75) is 33.7 Å². The Bertz CT molecular complexity index is 1360. The maximum absolute atomic E-state index is 15.0. The van der Waals surface area contributed by atoms with E-state index in [1.54, 1.807) is 6.21 Å². The molecule has 11 heteroatoms. The molecule has 208 valence electrons. The normalized spacial score (nSPS) is 15.6. The van der Waals surface area contributed by atoms with Gasteiger partial charge in [0.15, 0.2) is 5.82 Å². The standard InChI is InChI=1S/C28H37FN8O2/c1-5-39-27(38)17-36-10-8-35(9-11-36)16-23(31-7-6-30)14-22-15-25(33-18-32-22)21-12-24(29)28-26(13-21)37(19(2)3)20(4)34-28/h7,12-15,18-19H,5-6,8-11,16-17,30H2,1-4H3/b23-14?,31-7-. The van der Waals surface area contributed by atoms with Crippen molar-refractivity contribution in [3.05, 3.63) is 47.6 Å². The molecule has 10 nitrogen and oxygen atoms in total. The molecule has 2 aromatic heterocycles. The van der Waals surface area contributed by atoms with Gasteiger partial charge in [0.2, 0.25) is 0 Å². The average molecular weight is 537 g/mol. The number of benzene rings is 1. The van der Waals surface area contributed by atoms with Crippen LogP contribution in [0, 0.1) is 12.7 Å². The molecule has 1 aliphatic heterocycles. The Morgan fingerprint density at radius 1 is 1.15 bits per heavy atom. The highest BCUT2D eigenvalue weighted by Crippen LogP contribution is 2.29. The summed E-state index contributed by atoms with van der Waals surface area (Å²) in [6, 6.07) is 5.37. The second-order valence-electron chi connectivity index (χ2n) is 9.82. The first-order valence-electron chi connectivity index (χ1n) is 13.3. The van der Waals surface area contributed by atoms with Crippen LogP contribution in [-0.2, 0) is 9.53 Å². The average Bonchev–Trinajstić information content (AvgIpc) is 3.25. The third-order valence-corrected chi connectivity index (χ3v) is 6.61. The van der Waals surface area contributed by atoms with Crippen LogP contribution >= 0.6 is 0 Å². The van der Waals surface area contributed by atoms with Gasteiger partial charge in [-0.25, -0.2) is 19.3 Å². The lowest BCUT2D eigenvalue weighted by Crippen LogP contribution is -2.48. The van der Waals surface area contributed by atoms with Crippen LogP contribution in [0.25, 0.3) is 28.4 Å². The quantitative estimate of drug-likeness (QED) is 0.311. The van der Waals surface area contributed by atoms with Gasteiger partial charge in [-0.3, -0.25) is 19.6 Å². The van der Waals surface area contributed by atoms with Crippen molar-refractivity contribution >= 4 is 29.3 Å². The molecule has 2 N–H and O–H groups in total. The van der Waals surface area contributed by atoms with Crippen molar-refractivity contribution in [2.75, 3.05) is 52.4 Å². The van der Waals surface area contributed by atoms with E-state index in [0.717, 1.165) is 43.2 Å². The number of piperazine rings is 1. The first-order valence-corrected chi connectivity index (χ1v) is 13.3. The van der Waals surface area contributed by atoms with Crippen LogP contribution in [0.4, 0.5) is 4.39 Å². The molecule has 0 bridgehead atoms. The lowest BCUT2D eigenvalue weighted by Gasteiger charge is -2.34. The minimum Gasteiger partial charge on any atom is -0.465 e. The number of nitrogens with zero attached hydrogens (tertiary/aromatic N) is 7. The number of aliphatic imine (C=N–C) groups is 1. The molecule has 1 fully saturated rings. The largest absolute Gasteiger partial charge is 0.465 e. The summed E-state index contributed by atoms with van der Waals surface area (Å²) in [6.45, 7) is 12.6. The van der Waals surface area contributed by atoms with Gasteiger partial charge in [-0.05, 0) is 52.0 Å². The number of ether oxygens (including phenoxy) is 1. The molecular formula is C28H37FN8O2. The molecule has 0 amide bonds. The van der Waals surface area contributed by atoms with Crippen LogP contribution in [0.5, 0.6) is 0 Å². The van der Waals surface area contributed by atoms with Gasteiger partial charge >= 0.3 is 5.97 Å². The zero-order chi connectivity index (χ0) is 27.9. The lowest BCUT2D eigenvalue weighted by molar-refractivity contribution is -0.144. The smallest absolute Gasteiger partial charge is 0.320 e. The first kappa shape index (κ1) is 28.5. The summed E-state index contributed by atoms with van der Waals surface area (Å²) in [5, 5.41) is 0. The van der Waals surface area contributed by atoms with Gasteiger partial charge in [-0.1, -0.05) is 0 Å². The molecule has 0 unspecified atom stereocenters. The monoisotopic (exact) mass is 536 g/mol. The molecule has 4 rings (SSSR count). The Kier molecular flexibility index (Phi) is 9.50. The van der Waals surface area contributed by atoms with Gasteiger partial charge in [-0.2, -0.15) is 0 Å². The van der Waals surface area contributed by atoms with Gasteiger partial charge in [-0.15, -0.1) is 0 Å². The molecule has 1 aliphatic rings. The molecule has 39 heavy (non-hydrogen) atoms. The van der Waals surface area contributed by atoms with Crippen molar-refractivity contribution in [2.24, 2.45) is 10.7 Å². The van der Waals surface area contributed by atoms with Gasteiger partial charge in [0.1, 0.15) is 17.7 Å². The van der Waals surface area contributed by atoms with Crippen LogP contribution in [0.15, 0.2) is 35.2 Å². The van der Waals surface area contributed by atoms with Crippen LogP contribution in [-0.4, -0.2) is 93.9 Å². The number of esters is 1. The van der Waals surface area contributed by atoms with E-state index in [9.17, 15) is 4.79 Å². The molecule has 1 saturated heterocycles. The summed E-state index contributed by atoms with van der Waals surface area (Å²) >= 11 is 0. The second kappa shape index (κ2) is 13.0. The Labute approximate surface area is 228 Å². The van der Waals surface area contributed by atoms with E-state index in [4.69, 9.17) is 10.5 Å². The molecular weight excluding hydrogens is 499 g/mol. The number of fused-ring (bicyclic) bond motifs is 1. The number of halogens is 1. The molecule has 0 aliphatic carbocycles. The first-order chi connectivity index (χ1) is 18.8. The Morgan fingerprint density at radius 3 is 2.54 bits per heavy atom. The van der Waals surface area contributed by atoms with Gasteiger partial charge in [0.05, 0.1) is 35.8 Å². The summed E-state index contributed by atoms with van der Waals surface area (Å²) < 4.78 is 22.1. The van der Waals surface area contributed by atoms with E-state index < -0.39 is 0 Å². The van der Waals surface area contributed by atoms with Gasteiger partial charge in [0.25, 0.3) is 0 Å². The number of hydrogen-bond acceptors (Lipinski definition) is 9. The molecule has 3 heterocycles. The Balaban J connectivity index is 1.54. The van der Waals surface area contributed by atoms with Gasteiger partial charge < -0.3 is 15.0 Å². The molecule has 0 atom stereocenters. The number of aromatic nitrogens is 4. The number of nitrogens with two attached hydrogens (primary N) is 1. The maximum atomic E-state index is 15.0. The van der Waals surface area contributed by atoms with Crippen molar-refractivity contribution in [1.29, 1.82) is 0 Å². The Morgan fingerprint density at radius 2 is 1.87 bits per heavy atom. The van der Waals surface area contributed by atoms with Gasteiger partial charge in [0, 0.05) is 57.1 Å². The summed E-state index contributed by atoms with van der Waals surface area (Å²) in [7, 11) is 0. The highest BCUT2D eigenvalue weighted by Gasteiger charge is 2.20. The highest BCUT2D eigenvalue weighted by molar-refractivity contribution is 5.83. The van der Waals surface area contributed by atoms with E-state index in [1.807, 2.05) is 36.6 Å². The predicted molar refractivity (Wildman–Crippen MR) is 151 cm³/mol. The summed E-state index contributed by atoms with van der Waals surface area (Å²) in [5.41, 5.74) is 9.52. The van der Waals surface area contributed by atoms with E-state index in [-0.39, 0.29) is 17.8 Å². The number of hydrogen-bond donors (Lipinski definition) is 1. The Hall–Kier alpha value is -3.54. The van der Waals surface area contributed by atoms with E-state index in [2.05, 4.69) is 43.6 Å². The second-order valence-corrected chi connectivity index (χ2v) is 9.82.